The van der Waals surface area contributed by atoms with Crippen LogP contribution in [0.25, 0.3) is 0 Å². The maximum absolute atomic E-state index is 12.5. The normalized spacial score (nSPS) is 10.8. The number of carbonyl (C=O) groups is 2. The lowest BCUT2D eigenvalue weighted by atomic mass is 10.1. The van der Waals surface area contributed by atoms with Crippen LogP contribution in [-0.4, -0.2) is 25.1 Å². The first-order chi connectivity index (χ1) is 19.4. The Labute approximate surface area is 246 Å². The highest BCUT2D eigenvalue weighted by molar-refractivity contribution is 9.10. The molecule has 0 unspecified atom stereocenters. The predicted octanol–water partition coefficient (Wildman–Crippen LogP) is 7.03. The molecule has 0 radical (unpaired) electrons. The number of amides is 2. The van der Waals surface area contributed by atoms with E-state index in [-0.39, 0.29) is 18.4 Å². The Morgan fingerprint density at radius 3 is 2.42 bits per heavy atom. The number of nitrogens with one attached hydrogen (secondary N) is 2. The molecule has 4 aromatic rings. The first kappa shape index (κ1) is 28.9. The number of benzene rings is 4. The van der Waals surface area contributed by atoms with Gasteiger partial charge in [0.25, 0.3) is 5.91 Å². The number of halogens is 2. The van der Waals surface area contributed by atoms with E-state index < -0.39 is 0 Å². The van der Waals surface area contributed by atoms with Crippen molar-refractivity contribution in [3.05, 3.63) is 123 Å². The van der Waals surface area contributed by atoms with Gasteiger partial charge in [0.2, 0.25) is 5.91 Å². The second-order valence-electron chi connectivity index (χ2n) is 8.72. The van der Waals surface area contributed by atoms with E-state index in [0.29, 0.717) is 50.7 Å². The van der Waals surface area contributed by atoms with Crippen molar-refractivity contribution in [1.82, 2.24) is 5.43 Å². The summed E-state index contributed by atoms with van der Waals surface area (Å²) in [5.41, 5.74) is 6.17. The summed E-state index contributed by atoms with van der Waals surface area (Å²) >= 11 is 9.74. The molecule has 2 N–H and O–H groups in total. The standard InChI is InChI=1S/C31H27BrClN3O4/c1-39-28-18-22(17-26(32)30(28)40-20-24-9-5-6-10-27(24)33)19-34-36-31(38)23-12-14-25(15-13-23)35-29(37)16-11-21-7-3-2-4-8-21/h2-10,12-15,17-19H,11,16,20H2,1H3,(H,35,37)(H,36,38)/b34-19-. The number of anilines is 1. The van der Waals surface area contributed by atoms with E-state index in [1.165, 1.54) is 6.21 Å². The van der Waals surface area contributed by atoms with Crippen molar-refractivity contribution < 1.29 is 19.1 Å². The Bertz CT molecular complexity index is 1490. The zero-order valence-electron chi connectivity index (χ0n) is 21.7. The number of nitrogens with zero attached hydrogens (tertiary/aromatic N) is 1. The van der Waals surface area contributed by atoms with E-state index in [1.54, 1.807) is 49.6 Å². The zero-order chi connectivity index (χ0) is 28.3. The summed E-state index contributed by atoms with van der Waals surface area (Å²) in [4.78, 5) is 24.8. The largest absolute Gasteiger partial charge is 0.493 e. The number of aryl methyl sites for hydroxylation is 1. The second-order valence-corrected chi connectivity index (χ2v) is 9.99. The number of methoxy groups -OCH3 is 1. The fraction of sp³-hybridized carbons (Fsp3) is 0.129. The van der Waals surface area contributed by atoms with Crippen LogP contribution < -0.4 is 20.2 Å². The molecular formula is C31H27BrClN3O4. The molecule has 0 spiro atoms. The molecular weight excluding hydrogens is 594 g/mol. The minimum Gasteiger partial charge on any atom is -0.493 e. The van der Waals surface area contributed by atoms with E-state index in [1.807, 2.05) is 48.5 Å². The first-order valence-corrected chi connectivity index (χ1v) is 13.6. The molecule has 204 valence electrons. The SMILES string of the molecule is COc1cc(/C=N\NC(=O)c2ccc(NC(=O)CCc3ccccc3)cc2)cc(Br)c1OCc1ccccc1Cl. The maximum atomic E-state index is 12.5. The Kier molecular flexibility index (Phi) is 10.3. The van der Waals surface area contributed by atoms with E-state index in [4.69, 9.17) is 21.1 Å². The summed E-state index contributed by atoms with van der Waals surface area (Å²) in [6, 6.07) is 27.5. The summed E-state index contributed by atoms with van der Waals surface area (Å²) in [6.07, 6.45) is 2.53. The van der Waals surface area contributed by atoms with Crippen LogP contribution in [0.15, 0.2) is 101 Å². The zero-order valence-corrected chi connectivity index (χ0v) is 24.0. The topological polar surface area (TPSA) is 89.0 Å². The summed E-state index contributed by atoms with van der Waals surface area (Å²) in [5.74, 6) is 0.544. The molecule has 0 aliphatic rings. The monoisotopic (exact) mass is 619 g/mol. The Morgan fingerprint density at radius 1 is 0.975 bits per heavy atom. The molecule has 0 saturated carbocycles. The summed E-state index contributed by atoms with van der Waals surface area (Å²) < 4.78 is 12.1. The van der Waals surface area contributed by atoms with Crippen LogP contribution in [0.3, 0.4) is 0 Å². The van der Waals surface area contributed by atoms with Crippen LogP contribution in [-0.2, 0) is 17.8 Å². The third-order valence-electron chi connectivity index (χ3n) is 5.88. The van der Waals surface area contributed by atoms with Crippen LogP contribution >= 0.6 is 27.5 Å². The van der Waals surface area contributed by atoms with Gasteiger partial charge in [-0.05, 0) is 75.9 Å². The van der Waals surface area contributed by atoms with Crippen LogP contribution in [0.4, 0.5) is 5.69 Å². The van der Waals surface area contributed by atoms with Gasteiger partial charge >= 0.3 is 0 Å². The second kappa shape index (κ2) is 14.3. The van der Waals surface area contributed by atoms with Gasteiger partial charge in [-0.25, -0.2) is 5.43 Å². The number of rotatable bonds is 11. The number of carbonyl (C=O) groups excluding carboxylic acids is 2. The first-order valence-electron chi connectivity index (χ1n) is 12.4. The quantitative estimate of drug-likeness (QED) is 0.139. The Morgan fingerprint density at radius 2 is 1.70 bits per heavy atom. The van der Waals surface area contributed by atoms with Crippen LogP contribution in [0.5, 0.6) is 11.5 Å². The van der Waals surface area contributed by atoms with Crippen LogP contribution in [0.1, 0.15) is 33.5 Å². The smallest absolute Gasteiger partial charge is 0.271 e. The van der Waals surface area contributed by atoms with Gasteiger partial charge in [0, 0.05) is 28.3 Å². The molecule has 0 atom stereocenters. The molecule has 0 bridgehead atoms. The average molecular weight is 621 g/mol. The van der Waals surface area contributed by atoms with E-state index in [2.05, 4.69) is 31.8 Å². The van der Waals surface area contributed by atoms with Gasteiger partial charge in [-0.3, -0.25) is 9.59 Å². The highest BCUT2D eigenvalue weighted by atomic mass is 79.9. The predicted molar refractivity (Wildman–Crippen MR) is 161 cm³/mol. The molecule has 4 rings (SSSR count). The summed E-state index contributed by atoms with van der Waals surface area (Å²) in [5, 5.41) is 7.54. The van der Waals surface area contributed by atoms with Gasteiger partial charge in [0.15, 0.2) is 11.5 Å². The van der Waals surface area contributed by atoms with E-state index in [9.17, 15) is 9.59 Å². The number of hydrazone groups is 1. The van der Waals surface area contributed by atoms with Gasteiger partial charge in [-0.15, -0.1) is 0 Å². The van der Waals surface area contributed by atoms with Crippen molar-refractivity contribution in [3.63, 3.8) is 0 Å². The van der Waals surface area contributed by atoms with Crippen molar-refractivity contribution in [2.24, 2.45) is 5.10 Å². The molecule has 0 heterocycles. The van der Waals surface area contributed by atoms with Crippen molar-refractivity contribution in [1.29, 1.82) is 0 Å². The number of ether oxygens (including phenoxy) is 2. The van der Waals surface area contributed by atoms with Gasteiger partial charge in [-0.1, -0.05) is 60.1 Å². The van der Waals surface area contributed by atoms with Gasteiger partial charge < -0.3 is 14.8 Å². The van der Waals surface area contributed by atoms with Crippen molar-refractivity contribution in [2.75, 3.05) is 12.4 Å². The van der Waals surface area contributed by atoms with Gasteiger partial charge in [-0.2, -0.15) is 5.10 Å². The molecule has 7 nitrogen and oxygen atoms in total. The average Bonchev–Trinajstić information content (AvgIpc) is 2.97. The van der Waals surface area contributed by atoms with E-state index in [0.717, 1.165) is 11.1 Å². The molecule has 0 aliphatic carbocycles. The highest BCUT2D eigenvalue weighted by Crippen LogP contribution is 2.37. The molecule has 9 heteroatoms. The summed E-state index contributed by atoms with van der Waals surface area (Å²) in [6.45, 7) is 0.272. The lowest BCUT2D eigenvalue weighted by molar-refractivity contribution is -0.116. The van der Waals surface area contributed by atoms with Crippen molar-refractivity contribution in [2.45, 2.75) is 19.4 Å². The van der Waals surface area contributed by atoms with Crippen molar-refractivity contribution >= 4 is 51.2 Å². The Hall–Kier alpha value is -4.14. The highest BCUT2D eigenvalue weighted by Gasteiger charge is 2.13. The fourth-order valence-electron chi connectivity index (χ4n) is 3.78. The molecule has 0 saturated heterocycles. The van der Waals surface area contributed by atoms with Gasteiger partial charge in [0.1, 0.15) is 6.61 Å². The lowest BCUT2D eigenvalue weighted by Crippen LogP contribution is -2.18. The van der Waals surface area contributed by atoms with Crippen molar-refractivity contribution in [3.8, 4) is 11.5 Å². The third kappa shape index (κ3) is 8.18. The third-order valence-corrected chi connectivity index (χ3v) is 6.83. The fourth-order valence-corrected chi connectivity index (χ4v) is 4.55. The molecule has 4 aromatic carbocycles. The van der Waals surface area contributed by atoms with Gasteiger partial charge in [0.05, 0.1) is 17.8 Å². The van der Waals surface area contributed by atoms with Crippen LogP contribution in [0, 0.1) is 0 Å². The Balaban J connectivity index is 1.30. The minimum atomic E-state index is -0.385. The maximum Gasteiger partial charge on any atom is 0.271 e. The van der Waals surface area contributed by atoms with E-state index >= 15 is 0 Å². The molecule has 2 amide bonds. The molecule has 0 aliphatic heterocycles. The summed E-state index contributed by atoms with van der Waals surface area (Å²) in [7, 11) is 1.54. The molecule has 40 heavy (non-hydrogen) atoms. The molecule has 0 fully saturated rings. The molecule has 0 aromatic heterocycles. The number of hydrogen-bond acceptors (Lipinski definition) is 5. The lowest BCUT2D eigenvalue weighted by Gasteiger charge is -2.14. The minimum absolute atomic E-state index is 0.0903. The number of hydrogen-bond donors (Lipinski definition) is 2. The van der Waals surface area contributed by atoms with Crippen LogP contribution in [0.2, 0.25) is 5.02 Å².